The van der Waals surface area contributed by atoms with Crippen LogP contribution >= 0.6 is 0 Å². The van der Waals surface area contributed by atoms with Crippen LogP contribution in [0.5, 0.6) is 0 Å². The van der Waals surface area contributed by atoms with Crippen LogP contribution in [-0.4, -0.2) is 44.0 Å². The minimum Gasteiger partial charge on any atom is -0.381 e. The Morgan fingerprint density at radius 3 is 2.73 bits per heavy atom. The Balaban J connectivity index is 2.26. The van der Waals surface area contributed by atoms with Crippen molar-refractivity contribution in [3.05, 3.63) is 0 Å². The molecule has 1 aliphatic heterocycles. The molecular formula is C8H15NO2. The lowest BCUT2D eigenvalue weighted by atomic mass is 10.1. The van der Waals surface area contributed by atoms with Gasteiger partial charge in [0.2, 0.25) is 0 Å². The Bertz CT molecular complexity index is 121. The van der Waals surface area contributed by atoms with Gasteiger partial charge in [-0.25, -0.2) is 0 Å². The molecule has 1 aliphatic rings. The molecule has 0 unspecified atom stereocenters. The maximum Gasteiger partial charge on any atom is 0.133 e. The van der Waals surface area contributed by atoms with Crippen molar-refractivity contribution >= 4 is 6.29 Å². The average molecular weight is 157 g/mol. The topological polar surface area (TPSA) is 29.5 Å². The van der Waals surface area contributed by atoms with Crippen molar-refractivity contribution in [2.45, 2.75) is 18.9 Å². The zero-order valence-corrected chi connectivity index (χ0v) is 6.95. The first-order valence-electron chi connectivity index (χ1n) is 4.06. The molecule has 0 bridgehead atoms. The van der Waals surface area contributed by atoms with Gasteiger partial charge in [0.15, 0.2) is 0 Å². The second-order valence-electron chi connectivity index (χ2n) is 2.95. The molecular weight excluding hydrogens is 142 g/mol. The van der Waals surface area contributed by atoms with Gasteiger partial charge < -0.3 is 9.53 Å². The number of rotatable bonds is 3. The summed E-state index contributed by atoms with van der Waals surface area (Å²) in [6, 6.07) is 0.550. The molecule has 3 nitrogen and oxygen atoms in total. The zero-order valence-electron chi connectivity index (χ0n) is 6.95. The van der Waals surface area contributed by atoms with E-state index < -0.39 is 0 Å². The van der Waals surface area contributed by atoms with Gasteiger partial charge >= 0.3 is 0 Å². The van der Waals surface area contributed by atoms with E-state index in [9.17, 15) is 4.79 Å². The maximum atomic E-state index is 10.2. The fraction of sp³-hybridized carbons (Fsp3) is 0.875. The van der Waals surface area contributed by atoms with Crippen molar-refractivity contribution in [3.63, 3.8) is 0 Å². The van der Waals surface area contributed by atoms with E-state index in [1.165, 1.54) is 0 Å². The summed E-state index contributed by atoms with van der Waals surface area (Å²) in [6.07, 6.45) is 3.07. The fourth-order valence-electron chi connectivity index (χ4n) is 1.39. The molecule has 64 valence electrons. The van der Waals surface area contributed by atoms with E-state index in [2.05, 4.69) is 4.90 Å². The molecule has 0 saturated carbocycles. The number of carbonyl (C=O) groups excluding carboxylic acids is 1. The van der Waals surface area contributed by atoms with Crippen LogP contribution in [0, 0.1) is 0 Å². The highest BCUT2D eigenvalue weighted by molar-refractivity contribution is 5.51. The van der Waals surface area contributed by atoms with Crippen LogP contribution in [0.3, 0.4) is 0 Å². The summed E-state index contributed by atoms with van der Waals surface area (Å²) >= 11 is 0. The number of carbonyl (C=O) groups is 1. The molecule has 1 rings (SSSR count). The molecule has 0 aromatic carbocycles. The Kier molecular flexibility index (Phi) is 3.52. The molecule has 11 heavy (non-hydrogen) atoms. The summed E-state index contributed by atoms with van der Waals surface area (Å²) in [6.45, 7) is 2.23. The van der Waals surface area contributed by atoms with Crippen LogP contribution in [0.4, 0.5) is 0 Å². The molecule has 3 heteroatoms. The van der Waals surface area contributed by atoms with E-state index >= 15 is 0 Å². The number of hydrogen-bond acceptors (Lipinski definition) is 3. The number of ether oxygens (including phenoxy) is 1. The van der Waals surface area contributed by atoms with Gasteiger partial charge in [0.05, 0.1) is 6.54 Å². The lowest BCUT2D eigenvalue weighted by Gasteiger charge is -2.29. The third kappa shape index (κ3) is 2.60. The Morgan fingerprint density at radius 1 is 1.55 bits per heavy atom. The van der Waals surface area contributed by atoms with Crippen molar-refractivity contribution in [3.8, 4) is 0 Å². The van der Waals surface area contributed by atoms with Gasteiger partial charge in [0, 0.05) is 19.3 Å². The van der Waals surface area contributed by atoms with Gasteiger partial charge in [-0.1, -0.05) is 0 Å². The van der Waals surface area contributed by atoms with Gasteiger partial charge in [0.1, 0.15) is 6.29 Å². The Labute approximate surface area is 67.3 Å². The highest BCUT2D eigenvalue weighted by Crippen LogP contribution is 2.11. The molecule has 0 atom stereocenters. The SMILES string of the molecule is CN(CC=O)C1CCOCC1. The third-order valence-electron chi connectivity index (χ3n) is 2.18. The zero-order chi connectivity index (χ0) is 8.10. The summed E-state index contributed by atoms with van der Waals surface area (Å²) in [5.74, 6) is 0. The molecule has 0 aromatic rings. The number of aldehydes is 1. The van der Waals surface area contributed by atoms with E-state index in [1.54, 1.807) is 0 Å². The van der Waals surface area contributed by atoms with Crippen LogP contribution in [-0.2, 0) is 9.53 Å². The minimum atomic E-state index is 0.546. The molecule has 1 saturated heterocycles. The summed E-state index contributed by atoms with van der Waals surface area (Å²) in [7, 11) is 1.99. The van der Waals surface area contributed by atoms with Crippen LogP contribution in [0.25, 0.3) is 0 Å². The lowest BCUT2D eigenvalue weighted by molar-refractivity contribution is -0.109. The first-order valence-corrected chi connectivity index (χ1v) is 4.06. The standard InChI is InChI=1S/C8H15NO2/c1-9(4-5-10)8-2-6-11-7-3-8/h5,8H,2-4,6-7H2,1H3. The number of likely N-dealkylation sites (N-methyl/N-ethyl adjacent to an activating group) is 1. The molecule has 0 aromatic heterocycles. The van der Waals surface area contributed by atoms with Gasteiger partial charge in [0.25, 0.3) is 0 Å². The summed E-state index contributed by atoms with van der Waals surface area (Å²) in [4.78, 5) is 12.3. The highest BCUT2D eigenvalue weighted by Gasteiger charge is 2.17. The smallest absolute Gasteiger partial charge is 0.133 e. The van der Waals surface area contributed by atoms with Crippen molar-refractivity contribution in [2.24, 2.45) is 0 Å². The van der Waals surface area contributed by atoms with Gasteiger partial charge in [-0.05, 0) is 19.9 Å². The average Bonchev–Trinajstić information content (AvgIpc) is 2.07. The minimum absolute atomic E-state index is 0.546. The summed E-state index contributed by atoms with van der Waals surface area (Å²) in [5, 5.41) is 0. The molecule has 0 spiro atoms. The van der Waals surface area contributed by atoms with Crippen LogP contribution in [0.15, 0.2) is 0 Å². The van der Waals surface area contributed by atoms with Crippen LogP contribution in [0.2, 0.25) is 0 Å². The van der Waals surface area contributed by atoms with Crippen molar-refractivity contribution in [1.29, 1.82) is 0 Å². The van der Waals surface area contributed by atoms with Crippen LogP contribution < -0.4 is 0 Å². The monoisotopic (exact) mass is 157 g/mol. The fourth-order valence-corrected chi connectivity index (χ4v) is 1.39. The number of nitrogens with zero attached hydrogens (tertiary/aromatic N) is 1. The van der Waals surface area contributed by atoms with E-state index in [1.807, 2.05) is 7.05 Å². The molecule has 0 N–H and O–H groups in total. The van der Waals surface area contributed by atoms with Gasteiger partial charge in [-0.3, -0.25) is 4.90 Å². The normalized spacial score (nSPS) is 20.5. The highest BCUT2D eigenvalue weighted by atomic mass is 16.5. The van der Waals surface area contributed by atoms with E-state index in [0.717, 1.165) is 32.3 Å². The molecule has 1 heterocycles. The van der Waals surface area contributed by atoms with E-state index in [4.69, 9.17) is 4.74 Å². The number of hydrogen-bond donors (Lipinski definition) is 0. The predicted octanol–water partition coefficient (Wildman–Crippen LogP) is 0.296. The molecule has 0 aliphatic carbocycles. The molecule has 1 fully saturated rings. The molecule has 0 radical (unpaired) electrons. The van der Waals surface area contributed by atoms with Crippen molar-refractivity contribution in [1.82, 2.24) is 4.90 Å². The molecule has 0 amide bonds. The summed E-state index contributed by atoms with van der Waals surface area (Å²) in [5.41, 5.74) is 0. The van der Waals surface area contributed by atoms with Crippen LogP contribution in [0.1, 0.15) is 12.8 Å². The van der Waals surface area contributed by atoms with Crippen molar-refractivity contribution < 1.29 is 9.53 Å². The Hall–Kier alpha value is -0.410. The third-order valence-corrected chi connectivity index (χ3v) is 2.18. The first-order chi connectivity index (χ1) is 5.34. The largest absolute Gasteiger partial charge is 0.381 e. The second kappa shape index (κ2) is 4.46. The second-order valence-corrected chi connectivity index (χ2v) is 2.95. The maximum absolute atomic E-state index is 10.2. The van der Waals surface area contributed by atoms with Gasteiger partial charge in [-0.2, -0.15) is 0 Å². The van der Waals surface area contributed by atoms with Gasteiger partial charge in [-0.15, -0.1) is 0 Å². The van der Waals surface area contributed by atoms with Crippen molar-refractivity contribution in [2.75, 3.05) is 26.8 Å². The predicted molar refractivity (Wildman–Crippen MR) is 42.5 cm³/mol. The van der Waals surface area contributed by atoms with E-state index in [-0.39, 0.29) is 0 Å². The lowest BCUT2D eigenvalue weighted by Crippen LogP contribution is -2.37. The quantitative estimate of drug-likeness (QED) is 0.552. The van der Waals surface area contributed by atoms with E-state index in [0.29, 0.717) is 12.6 Å². The Morgan fingerprint density at radius 2 is 2.18 bits per heavy atom. The first kappa shape index (κ1) is 8.68. The summed E-state index contributed by atoms with van der Waals surface area (Å²) < 4.78 is 5.21.